The van der Waals surface area contributed by atoms with Crippen LogP contribution in [-0.2, 0) is 46.4 Å². The zero-order chi connectivity index (χ0) is 45.9. The number of carboxylic acids is 1. The van der Waals surface area contributed by atoms with E-state index in [1.165, 1.54) is 24.3 Å². The Balaban J connectivity index is 1.50. The van der Waals surface area contributed by atoms with Gasteiger partial charge in [-0.1, -0.05) is 38.5 Å². The summed E-state index contributed by atoms with van der Waals surface area (Å²) in [6.45, 7) is 3.60. The van der Waals surface area contributed by atoms with E-state index in [0.29, 0.717) is 50.2 Å². The van der Waals surface area contributed by atoms with Crippen molar-refractivity contribution in [3.63, 3.8) is 0 Å². The number of amides is 6. The average molecular weight is 898 g/mol. The normalized spacial score (nSPS) is 17.0. The van der Waals surface area contributed by atoms with Crippen molar-refractivity contribution in [3.05, 3.63) is 54.2 Å². The van der Waals surface area contributed by atoms with E-state index < -0.39 is 90.3 Å². The summed E-state index contributed by atoms with van der Waals surface area (Å²) in [6, 6.07) is -0.603. The van der Waals surface area contributed by atoms with Crippen LogP contribution in [0, 0.1) is 5.92 Å². The van der Waals surface area contributed by atoms with E-state index in [1.807, 2.05) is 30.5 Å². The van der Waals surface area contributed by atoms with Crippen molar-refractivity contribution < 1.29 is 43.8 Å². The van der Waals surface area contributed by atoms with Gasteiger partial charge in [-0.2, -0.15) is 11.8 Å². The molecule has 0 aliphatic carbocycles. The van der Waals surface area contributed by atoms with Crippen LogP contribution in [0.4, 0.5) is 0 Å². The summed E-state index contributed by atoms with van der Waals surface area (Å²) in [5, 5.41) is 40.1. The summed E-state index contributed by atoms with van der Waals surface area (Å²) in [4.78, 5) is 105. The van der Waals surface area contributed by atoms with Gasteiger partial charge in [-0.05, 0) is 81.2 Å². The largest absolute Gasteiger partial charge is 0.480 e. The number of H-pyrrole nitrogens is 2. The topological polar surface area (TPSA) is 315 Å². The molecule has 3 heterocycles. The maximum Gasteiger partial charge on any atom is 0.326 e. The second-order valence-electron chi connectivity index (χ2n) is 15.8. The number of nitrogens with zero attached hydrogens (tertiary/aromatic N) is 1. The Morgan fingerprint density at radius 2 is 1.48 bits per heavy atom. The highest BCUT2D eigenvalue weighted by Crippen LogP contribution is 2.20. The number of carbonyl (C=O) groups is 7. The standard InChI is InChI=1S/C42H63N11O9S/c1-4-24(2)35(42(61)62)53-40(59)33(19-26-21-44-23-47-26)51-38(57)31(14-17-63-3)49-37(56)30(12-7-8-15-43)48-41(60)34(22-54)52-39(58)32(50-36(55)29-13-9-16-45-29)18-25-20-46-28-11-6-5-10-27(25)28/h5-6,10-11,20-21,23-24,29-35,45-46,54H,4,7-9,12-19,22,43H2,1-3H3,(H,44,47)(H,48,60)(H,49,56)(H,50,55)(H,51,57)(H,52,58)(H,53,59)(H,61,62)/t24-,29-,30-,31-,32-,33-,34-,35-/m0/s1. The Hall–Kier alpha value is -5.51. The van der Waals surface area contributed by atoms with Gasteiger partial charge in [0.1, 0.15) is 36.3 Å². The summed E-state index contributed by atoms with van der Waals surface area (Å²) >= 11 is 1.41. The number of imidazole rings is 1. The third-order valence-electron chi connectivity index (χ3n) is 11.1. The fourth-order valence-corrected chi connectivity index (χ4v) is 7.69. The lowest BCUT2D eigenvalue weighted by atomic mass is 9.98. The molecular weight excluding hydrogens is 835 g/mol. The van der Waals surface area contributed by atoms with E-state index in [4.69, 9.17) is 5.73 Å². The van der Waals surface area contributed by atoms with Crippen molar-refractivity contribution in [2.45, 2.75) is 114 Å². The number of aliphatic hydroxyl groups is 1. The minimum atomic E-state index is -1.53. The summed E-state index contributed by atoms with van der Waals surface area (Å²) in [5.41, 5.74) is 7.80. The molecule has 13 N–H and O–H groups in total. The summed E-state index contributed by atoms with van der Waals surface area (Å²) in [7, 11) is 0. The highest BCUT2D eigenvalue weighted by atomic mass is 32.2. The number of aliphatic hydroxyl groups excluding tert-OH is 1. The number of carboxylic acid groups (broad SMARTS) is 1. The minimum absolute atomic E-state index is 0.0660. The molecule has 1 fully saturated rings. The number of thioether (sulfide) groups is 1. The molecule has 1 aliphatic rings. The number of fused-ring (bicyclic) bond motifs is 1. The Labute approximate surface area is 370 Å². The van der Waals surface area contributed by atoms with Crippen LogP contribution in [-0.4, -0.2) is 141 Å². The molecule has 21 heteroatoms. The van der Waals surface area contributed by atoms with Gasteiger partial charge in [0.15, 0.2) is 0 Å². The number of aliphatic carboxylic acids is 1. The third kappa shape index (κ3) is 15.1. The van der Waals surface area contributed by atoms with Crippen molar-refractivity contribution in [3.8, 4) is 0 Å². The van der Waals surface area contributed by atoms with Crippen LogP contribution in [0.3, 0.4) is 0 Å². The van der Waals surface area contributed by atoms with Crippen molar-refractivity contribution >= 4 is 64.1 Å². The number of nitrogens with one attached hydrogen (secondary N) is 9. The van der Waals surface area contributed by atoms with E-state index >= 15 is 0 Å². The average Bonchev–Trinajstić information content (AvgIpc) is 4.09. The Morgan fingerprint density at radius 3 is 2.10 bits per heavy atom. The van der Waals surface area contributed by atoms with E-state index in [2.05, 4.69) is 52.2 Å². The lowest BCUT2D eigenvalue weighted by Crippen LogP contribution is -2.60. The first-order valence-electron chi connectivity index (χ1n) is 21.4. The van der Waals surface area contributed by atoms with Crippen LogP contribution in [0.25, 0.3) is 10.9 Å². The summed E-state index contributed by atoms with van der Waals surface area (Å²) in [5.74, 6) is -5.43. The van der Waals surface area contributed by atoms with Gasteiger partial charge in [-0.15, -0.1) is 0 Å². The molecule has 2 aromatic heterocycles. The zero-order valence-electron chi connectivity index (χ0n) is 36.0. The first-order valence-corrected chi connectivity index (χ1v) is 22.8. The van der Waals surface area contributed by atoms with Crippen LogP contribution >= 0.6 is 11.8 Å². The van der Waals surface area contributed by atoms with Gasteiger partial charge in [0.05, 0.1) is 19.0 Å². The van der Waals surface area contributed by atoms with Crippen LogP contribution in [0.5, 0.6) is 0 Å². The van der Waals surface area contributed by atoms with E-state index in [0.717, 1.165) is 22.9 Å². The molecule has 4 rings (SSSR count). The lowest BCUT2D eigenvalue weighted by molar-refractivity contribution is -0.143. The molecule has 20 nitrogen and oxygen atoms in total. The highest BCUT2D eigenvalue weighted by Gasteiger charge is 2.35. The van der Waals surface area contributed by atoms with E-state index in [-0.39, 0.29) is 31.6 Å². The molecule has 346 valence electrons. The van der Waals surface area contributed by atoms with Gasteiger partial charge in [0.2, 0.25) is 35.4 Å². The minimum Gasteiger partial charge on any atom is -0.480 e. The maximum absolute atomic E-state index is 14.0. The van der Waals surface area contributed by atoms with Crippen molar-refractivity contribution in [2.75, 3.05) is 31.7 Å². The quantitative estimate of drug-likeness (QED) is 0.0424. The fourth-order valence-electron chi connectivity index (χ4n) is 7.22. The number of carbonyl (C=O) groups excluding carboxylic acids is 6. The summed E-state index contributed by atoms with van der Waals surface area (Å²) in [6.07, 6.45) is 9.39. The molecule has 3 aromatic rings. The van der Waals surface area contributed by atoms with Crippen LogP contribution in [0.15, 0.2) is 43.0 Å². The summed E-state index contributed by atoms with van der Waals surface area (Å²) < 4.78 is 0. The van der Waals surface area contributed by atoms with Gasteiger partial charge in [-0.3, -0.25) is 28.8 Å². The Morgan fingerprint density at radius 1 is 0.841 bits per heavy atom. The van der Waals surface area contributed by atoms with Crippen molar-refractivity contribution in [2.24, 2.45) is 11.7 Å². The van der Waals surface area contributed by atoms with E-state index in [9.17, 15) is 43.8 Å². The number of hydrogen-bond donors (Lipinski definition) is 12. The van der Waals surface area contributed by atoms with Gasteiger partial charge >= 0.3 is 5.97 Å². The molecule has 8 atom stereocenters. The lowest BCUT2D eigenvalue weighted by Gasteiger charge is -2.28. The molecule has 0 bridgehead atoms. The first-order chi connectivity index (χ1) is 30.3. The molecule has 1 aliphatic heterocycles. The molecule has 0 saturated carbocycles. The predicted molar refractivity (Wildman–Crippen MR) is 237 cm³/mol. The second-order valence-corrected chi connectivity index (χ2v) is 16.7. The molecule has 63 heavy (non-hydrogen) atoms. The van der Waals surface area contributed by atoms with E-state index in [1.54, 1.807) is 20.0 Å². The highest BCUT2D eigenvalue weighted by molar-refractivity contribution is 7.98. The predicted octanol–water partition coefficient (Wildman–Crippen LogP) is -0.658. The number of nitrogens with two attached hydrogens (primary N) is 1. The number of aromatic amines is 2. The number of aromatic nitrogens is 3. The fraction of sp³-hybridized carbons (Fsp3) is 0.571. The number of benzene rings is 1. The molecule has 0 radical (unpaired) electrons. The molecule has 6 amide bonds. The van der Waals surface area contributed by atoms with Crippen LogP contribution in [0.2, 0.25) is 0 Å². The van der Waals surface area contributed by atoms with Gasteiger partial charge < -0.3 is 63.1 Å². The molecule has 1 saturated heterocycles. The molecule has 0 spiro atoms. The monoisotopic (exact) mass is 897 g/mol. The molecular formula is C42H63N11O9S. The van der Waals surface area contributed by atoms with Gasteiger partial charge in [-0.25, -0.2) is 9.78 Å². The number of rotatable bonds is 27. The SMILES string of the molecule is CC[C@H](C)[C@H](NC(=O)[C@H](Cc1cnc[nH]1)NC(=O)[C@H](CCSC)NC(=O)[C@H](CCCCN)NC(=O)[C@H](CO)NC(=O)[C@H](Cc1c[nH]c2ccccc12)NC(=O)[C@@H]1CCCN1)C(=O)O. The molecule has 1 aromatic carbocycles. The first kappa shape index (κ1) is 50.1. The second kappa shape index (κ2) is 25.6. The Kier molecular flexibility index (Phi) is 20.3. The van der Waals surface area contributed by atoms with Gasteiger partial charge in [0.25, 0.3) is 0 Å². The van der Waals surface area contributed by atoms with Gasteiger partial charge in [0, 0.05) is 41.8 Å². The third-order valence-corrected chi connectivity index (χ3v) is 11.8. The van der Waals surface area contributed by atoms with Crippen molar-refractivity contribution in [1.29, 1.82) is 0 Å². The molecule has 0 unspecified atom stereocenters. The number of unbranched alkanes of at least 4 members (excludes halogenated alkanes) is 1. The van der Waals surface area contributed by atoms with Crippen molar-refractivity contribution in [1.82, 2.24) is 52.2 Å². The smallest absolute Gasteiger partial charge is 0.326 e. The number of hydrogen-bond acceptors (Lipinski definition) is 12. The Bertz CT molecular complexity index is 1970. The number of para-hydroxylation sites is 1. The van der Waals surface area contributed by atoms with Crippen LogP contribution in [0.1, 0.15) is 70.1 Å². The van der Waals surface area contributed by atoms with Crippen LogP contribution < -0.4 is 43.0 Å². The zero-order valence-corrected chi connectivity index (χ0v) is 36.9. The maximum atomic E-state index is 14.0.